The molecule has 6 nitrogen and oxygen atoms in total. The van der Waals surface area contributed by atoms with E-state index >= 15 is 0 Å². The summed E-state index contributed by atoms with van der Waals surface area (Å²) in [7, 11) is 0. The number of carbonyl (C=O) groups is 2. The lowest BCUT2D eigenvalue weighted by Crippen LogP contribution is -2.47. The summed E-state index contributed by atoms with van der Waals surface area (Å²) >= 11 is 0. The molecule has 1 atom stereocenters. The maximum atomic E-state index is 13.7. The van der Waals surface area contributed by atoms with Gasteiger partial charge in [-0.2, -0.15) is 0 Å². The molecule has 3 fully saturated rings. The topological polar surface area (TPSA) is 53.1 Å². The van der Waals surface area contributed by atoms with E-state index in [-0.39, 0.29) is 23.3 Å². The van der Waals surface area contributed by atoms with Crippen LogP contribution >= 0.6 is 0 Å². The van der Waals surface area contributed by atoms with E-state index in [1.165, 1.54) is 0 Å². The van der Waals surface area contributed by atoms with Crippen LogP contribution in [0.2, 0.25) is 0 Å². The molecule has 3 aliphatic rings. The van der Waals surface area contributed by atoms with Crippen molar-refractivity contribution < 1.29 is 14.3 Å². The molecule has 31 heavy (non-hydrogen) atoms. The fourth-order valence-electron chi connectivity index (χ4n) is 5.73. The van der Waals surface area contributed by atoms with Gasteiger partial charge in [0.1, 0.15) is 0 Å². The molecule has 1 aromatic rings. The van der Waals surface area contributed by atoms with E-state index in [1.807, 2.05) is 28.0 Å². The second kappa shape index (κ2) is 10.1. The number of carbonyl (C=O) groups excluding carboxylic acids is 2. The first-order valence-corrected chi connectivity index (χ1v) is 12.0. The zero-order chi connectivity index (χ0) is 21.7. The second-order valence-corrected chi connectivity index (χ2v) is 9.37. The molecule has 1 aliphatic carbocycles. The zero-order valence-electron chi connectivity index (χ0n) is 18.9. The molecule has 0 radical (unpaired) electrons. The standard InChI is InChI=1S/C25H37N3O3/c1-21(29)28(14-7-13-26-16-18-31-19-17-26)23-10-15-27(20-23)24(30)25(11-5-6-12-25)22-8-3-2-4-9-22/h2-4,8-9,23H,5-7,10-20H2,1H3. The molecule has 0 spiro atoms. The SMILES string of the molecule is CC(=O)N(CCCN1CCOCC1)C1CCN(C(=O)C2(c3ccccc3)CCCC2)C1. The highest BCUT2D eigenvalue weighted by Crippen LogP contribution is 2.43. The summed E-state index contributed by atoms with van der Waals surface area (Å²) in [5, 5.41) is 0. The first-order valence-electron chi connectivity index (χ1n) is 12.0. The van der Waals surface area contributed by atoms with E-state index in [0.717, 1.165) is 90.0 Å². The van der Waals surface area contributed by atoms with E-state index in [9.17, 15) is 9.59 Å². The van der Waals surface area contributed by atoms with Crippen LogP contribution in [0.3, 0.4) is 0 Å². The van der Waals surface area contributed by atoms with Crippen molar-refractivity contribution >= 4 is 11.8 Å². The first-order chi connectivity index (χ1) is 15.1. The number of hydrogen-bond acceptors (Lipinski definition) is 4. The average Bonchev–Trinajstić information content (AvgIpc) is 3.48. The smallest absolute Gasteiger partial charge is 0.233 e. The second-order valence-electron chi connectivity index (χ2n) is 9.37. The highest BCUT2D eigenvalue weighted by molar-refractivity contribution is 5.89. The van der Waals surface area contributed by atoms with Gasteiger partial charge in [0, 0.05) is 46.2 Å². The van der Waals surface area contributed by atoms with Crippen LogP contribution in [0.25, 0.3) is 0 Å². The summed E-state index contributed by atoms with van der Waals surface area (Å²) in [6.45, 7) is 8.43. The lowest BCUT2D eigenvalue weighted by molar-refractivity contribution is -0.137. The highest BCUT2D eigenvalue weighted by Gasteiger charge is 2.46. The fraction of sp³-hybridized carbons (Fsp3) is 0.680. The Hall–Kier alpha value is -1.92. The lowest BCUT2D eigenvalue weighted by atomic mass is 9.77. The van der Waals surface area contributed by atoms with Crippen molar-refractivity contribution in [3.05, 3.63) is 35.9 Å². The Morgan fingerprint density at radius 2 is 1.81 bits per heavy atom. The van der Waals surface area contributed by atoms with Gasteiger partial charge in [-0.15, -0.1) is 0 Å². The summed E-state index contributed by atoms with van der Waals surface area (Å²) in [5.74, 6) is 0.399. The normalized spacial score (nSPS) is 23.8. The van der Waals surface area contributed by atoms with Crippen molar-refractivity contribution in [1.29, 1.82) is 0 Å². The van der Waals surface area contributed by atoms with E-state index in [1.54, 1.807) is 6.92 Å². The van der Waals surface area contributed by atoms with Crippen LogP contribution in [-0.2, 0) is 19.7 Å². The lowest BCUT2D eigenvalue weighted by Gasteiger charge is -2.34. The Morgan fingerprint density at radius 3 is 2.48 bits per heavy atom. The molecule has 2 heterocycles. The Kier molecular flexibility index (Phi) is 7.28. The van der Waals surface area contributed by atoms with E-state index in [0.29, 0.717) is 6.54 Å². The van der Waals surface area contributed by atoms with Gasteiger partial charge >= 0.3 is 0 Å². The maximum Gasteiger partial charge on any atom is 0.233 e. The minimum absolute atomic E-state index is 0.125. The first kappa shape index (κ1) is 22.3. The third-order valence-corrected chi connectivity index (χ3v) is 7.47. The molecule has 4 rings (SSSR count). The predicted octanol–water partition coefficient (Wildman–Crippen LogP) is 2.67. The minimum Gasteiger partial charge on any atom is -0.379 e. The van der Waals surface area contributed by atoms with Gasteiger partial charge in [-0.05, 0) is 31.2 Å². The molecule has 2 saturated heterocycles. The molecule has 2 amide bonds. The largest absolute Gasteiger partial charge is 0.379 e. The number of likely N-dealkylation sites (tertiary alicyclic amines) is 1. The molecular formula is C25H37N3O3. The number of hydrogen-bond donors (Lipinski definition) is 0. The van der Waals surface area contributed by atoms with Crippen molar-refractivity contribution in [2.75, 3.05) is 52.5 Å². The van der Waals surface area contributed by atoms with Crippen LogP contribution in [0.15, 0.2) is 30.3 Å². The van der Waals surface area contributed by atoms with Crippen molar-refractivity contribution in [2.24, 2.45) is 0 Å². The zero-order valence-corrected chi connectivity index (χ0v) is 18.9. The molecule has 0 aromatic heterocycles. The van der Waals surface area contributed by atoms with Crippen LogP contribution < -0.4 is 0 Å². The number of benzene rings is 1. The molecule has 0 N–H and O–H groups in total. The van der Waals surface area contributed by atoms with Gasteiger partial charge in [0.2, 0.25) is 11.8 Å². The quantitative estimate of drug-likeness (QED) is 0.671. The van der Waals surface area contributed by atoms with Crippen LogP contribution in [0, 0.1) is 0 Å². The van der Waals surface area contributed by atoms with Crippen molar-refractivity contribution in [2.45, 2.75) is 56.9 Å². The van der Waals surface area contributed by atoms with Gasteiger partial charge in [0.25, 0.3) is 0 Å². The summed E-state index contributed by atoms with van der Waals surface area (Å²) in [4.78, 5) is 32.6. The van der Waals surface area contributed by atoms with E-state index < -0.39 is 0 Å². The molecule has 1 unspecified atom stereocenters. The number of morpholine rings is 1. The van der Waals surface area contributed by atoms with E-state index in [2.05, 4.69) is 17.0 Å². The Labute approximate surface area is 186 Å². The van der Waals surface area contributed by atoms with Crippen LogP contribution in [0.4, 0.5) is 0 Å². The number of rotatable bonds is 7. The number of nitrogens with zero attached hydrogens (tertiary/aromatic N) is 3. The fourth-order valence-corrected chi connectivity index (χ4v) is 5.73. The van der Waals surface area contributed by atoms with E-state index in [4.69, 9.17) is 4.74 Å². The van der Waals surface area contributed by atoms with Gasteiger partial charge in [-0.25, -0.2) is 0 Å². The molecule has 2 aliphatic heterocycles. The Morgan fingerprint density at radius 1 is 1.10 bits per heavy atom. The monoisotopic (exact) mass is 427 g/mol. The van der Waals surface area contributed by atoms with Crippen molar-refractivity contribution in [3.63, 3.8) is 0 Å². The Balaban J connectivity index is 1.37. The molecule has 170 valence electrons. The molecule has 0 bridgehead atoms. The molecular weight excluding hydrogens is 390 g/mol. The van der Waals surface area contributed by atoms with Crippen molar-refractivity contribution in [3.8, 4) is 0 Å². The molecule has 1 aromatic carbocycles. The third kappa shape index (κ3) is 4.96. The van der Waals surface area contributed by atoms with Gasteiger partial charge in [-0.3, -0.25) is 14.5 Å². The average molecular weight is 428 g/mol. The summed E-state index contributed by atoms with van der Waals surface area (Å²) in [6, 6.07) is 10.5. The number of ether oxygens (including phenoxy) is 1. The number of amides is 2. The van der Waals surface area contributed by atoms with Crippen LogP contribution in [0.1, 0.15) is 51.0 Å². The van der Waals surface area contributed by atoms with Crippen LogP contribution in [0.5, 0.6) is 0 Å². The van der Waals surface area contributed by atoms with Gasteiger partial charge in [0.15, 0.2) is 0 Å². The molecule has 1 saturated carbocycles. The summed E-state index contributed by atoms with van der Waals surface area (Å²) in [6.07, 6.45) is 5.95. The summed E-state index contributed by atoms with van der Waals surface area (Å²) in [5.41, 5.74) is 0.794. The van der Waals surface area contributed by atoms with Gasteiger partial charge < -0.3 is 14.5 Å². The maximum absolute atomic E-state index is 13.7. The van der Waals surface area contributed by atoms with Gasteiger partial charge in [0.05, 0.1) is 24.7 Å². The van der Waals surface area contributed by atoms with Crippen LogP contribution in [-0.4, -0.2) is 85.0 Å². The third-order valence-electron chi connectivity index (χ3n) is 7.47. The van der Waals surface area contributed by atoms with Crippen molar-refractivity contribution in [1.82, 2.24) is 14.7 Å². The molecule has 6 heteroatoms. The van der Waals surface area contributed by atoms with Gasteiger partial charge in [-0.1, -0.05) is 43.2 Å². The highest BCUT2D eigenvalue weighted by atomic mass is 16.5. The predicted molar refractivity (Wildman–Crippen MR) is 121 cm³/mol. The minimum atomic E-state index is -0.368. The Bertz CT molecular complexity index is 742. The summed E-state index contributed by atoms with van der Waals surface area (Å²) < 4.78 is 5.42.